The van der Waals surface area contributed by atoms with Crippen LogP contribution in [0.2, 0.25) is 0 Å². The molecule has 0 unspecified atom stereocenters. The van der Waals surface area contributed by atoms with Crippen LogP contribution in [-0.4, -0.2) is 70.7 Å². The van der Waals surface area contributed by atoms with Crippen molar-refractivity contribution in [2.45, 2.75) is 39.2 Å². The molecule has 1 aromatic rings. The summed E-state index contributed by atoms with van der Waals surface area (Å²) in [4.78, 5) is 25.5. The number of aliphatic imine (C=N–C) groups is 1. The lowest BCUT2D eigenvalue weighted by atomic mass is 9.85. The lowest BCUT2D eigenvalue weighted by Crippen LogP contribution is -2.43. The van der Waals surface area contributed by atoms with Crippen molar-refractivity contribution < 1.29 is 4.79 Å². The first-order chi connectivity index (χ1) is 11.9. The van der Waals surface area contributed by atoms with E-state index in [-0.39, 0.29) is 11.3 Å². The smallest absolute Gasteiger partial charge is 0.230 e. The first-order valence-corrected chi connectivity index (χ1v) is 8.93. The number of amides is 1. The van der Waals surface area contributed by atoms with Gasteiger partial charge in [0.1, 0.15) is 12.2 Å². The third kappa shape index (κ3) is 4.49. The summed E-state index contributed by atoms with van der Waals surface area (Å²) in [5.41, 5.74) is -0.351. The quantitative estimate of drug-likeness (QED) is 0.609. The van der Waals surface area contributed by atoms with Crippen LogP contribution >= 0.6 is 0 Å². The number of rotatable bonds is 6. The fourth-order valence-electron chi connectivity index (χ4n) is 3.41. The Morgan fingerprint density at radius 2 is 2.04 bits per heavy atom. The second-order valence-corrected chi connectivity index (χ2v) is 7.01. The molecular weight excluding hydrogens is 318 g/mol. The second kappa shape index (κ2) is 8.31. The minimum atomic E-state index is -0.351. The molecule has 8 heteroatoms. The largest absolute Gasteiger partial charge is 0.357 e. The standard InChI is InChI=1S/C17H31N7O/c1-6-18-16(23(4)11-14-20-13-21-24(14)5)19-12-17(9-7-8-10-17)15(25)22(2)3/h13H,6-12H2,1-5H3,(H,18,19). The van der Waals surface area contributed by atoms with Crippen LogP contribution in [0.5, 0.6) is 0 Å². The number of aromatic nitrogens is 3. The van der Waals surface area contributed by atoms with Crippen LogP contribution < -0.4 is 5.32 Å². The van der Waals surface area contributed by atoms with Gasteiger partial charge in [-0.2, -0.15) is 5.10 Å². The number of guanidine groups is 1. The molecule has 0 bridgehead atoms. The minimum Gasteiger partial charge on any atom is -0.357 e. The normalized spacial score (nSPS) is 16.8. The molecule has 0 aromatic carbocycles. The number of nitrogens with zero attached hydrogens (tertiary/aromatic N) is 6. The molecular formula is C17H31N7O. The van der Waals surface area contributed by atoms with Crippen LogP contribution in [0.1, 0.15) is 38.4 Å². The third-order valence-electron chi connectivity index (χ3n) is 4.83. The Labute approximate surface area is 150 Å². The highest BCUT2D eigenvalue weighted by Gasteiger charge is 2.42. The van der Waals surface area contributed by atoms with Gasteiger partial charge in [-0.05, 0) is 19.8 Å². The second-order valence-electron chi connectivity index (χ2n) is 7.01. The summed E-state index contributed by atoms with van der Waals surface area (Å²) in [6.07, 6.45) is 5.58. The van der Waals surface area contributed by atoms with Crippen molar-refractivity contribution in [3.8, 4) is 0 Å². The maximum Gasteiger partial charge on any atom is 0.230 e. The molecule has 1 aliphatic rings. The molecule has 0 aliphatic heterocycles. The molecule has 25 heavy (non-hydrogen) atoms. The Morgan fingerprint density at radius 3 is 2.56 bits per heavy atom. The zero-order chi connectivity index (χ0) is 18.4. The van der Waals surface area contributed by atoms with Gasteiger partial charge in [0.25, 0.3) is 0 Å². The third-order valence-corrected chi connectivity index (χ3v) is 4.83. The molecule has 1 fully saturated rings. The monoisotopic (exact) mass is 349 g/mol. The topological polar surface area (TPSA) is 78.7 Å². The Balaban J connectivity index is 2.14. The molecule has 1 aromatic heterocycles. The van der Waals surface area contributed by atoms with E-state index in [0.29, 0.717) is 13.1 Å². The van der Waals surface area contributed by atoms with E-state index in [0.717, 1.165) is 44.0 Å². The predicted octanol–water partition coefficient (Wildman–Crippen LogP) is 0.861. The molecule has 0 spiro atoms. The number of nitrogens with one attached hydrogen (secondary N) is 1. The molecule has 1 saturated carbocycles. The molecule has 1 heterocycles. The molecule has 1 amide bonds. The first kappa shape index (κ1) is 19.2. The van der Waals surface area contributed by atoms with Gasteiger partial charge in [0.2, 0.25) is 5.91 Å². The van der Waals surface area contributed by atoms with Gasteiger partial charge in [-0.25, -0.2) is 4.98 Å². The average molecular weight is 349 g/mol. The summed E-state index contributed by atoms with van der Waals surface area (Å²) in [6.45, 7) is 3.95. The van der Waals surface area contributed by atoms with E-state index in [9.17, 15) is 4.79 Å². The number of hydrogen-bond donors (Lipinski definition) is 1. The van der Waals surface area contributed by atoms with Crippen molar-refractivity contribution in [1.29, 1.82) is 0 Å². The van der Waals surface area contributed by atoms with Crippen LogP contribution in [0, 0.1) is 5.41 Å². The van der Waals surface area contributed by atoms with Gasteiger partial charge in [0, 0.05) is 34.7 Å². The van der Waals surface area contributed by atoms with E-state index in [4.69, 9.17) is 4.99 Å². The zero-order valence-electron chi connectivity index (χ0n) is 16.1. The fourth-order valence-corrected chi connectivity index (χ4v) is 3.41. The first-order valence-electron chi connectivity index (χ1n) is 8.93. The van der Waals surface area contributed by atoms with E-state index >= 15 is 0 Å². The van der Waals surface area contributed by atoms with Gasteiger partial charge in [-0.1, -0.05) is 12.8 Å². The summed E-state index contributed by atoms with van der Waals surface area (Å²) >= 11 is 0. The molecule has 0 saturated heterocycles. The van der Waals surface area contributed by atoms with Crippen molar-refractivity contribution in [2.24, 2.45) is 17.5 Å². The van der Waals surface area contributed by atoms with Crippen molar-refractivity contribution in [3.63, 3.8) is 0 Å². The summed E-state index contributed by atoms with van der Waals surface area (Å²) in [5.74, 6) is 1.86. The summed E-state index contributed by atoms with van der Waals surface area (Å²) in [7, 11) is 7.52. The van der Waals surface area contributed by atoms with E-state index in [2.05, 4.69) is 15.4 Å². The van der Waals surface area contributed by atoms with E-state index in [1.165, 1.54) is 0 Å². The summed E-state index contributed by atoms with van der Waals surface area (Å²) in [6, 6.07) is 0. The molecule has 2 rings (SSSR count). The van der Waals surface area contributed by atoms with Gasteiger partial charge in [-0.3, -0.25) is 14.5 Å². The van der Waals surface area contributed by atoms with Gasteiger partial charge < -0.3 is 15.1 Å². The molecule has 0 atom stereocenters. The van der Waals surface area contributed by atoms with Crippen LogP contribution in [0.4, 0.5) is 0 Å². The zero-order valence-corrected chi connectivity index (χ0v) is 16.1. The lowest BCUT2D eigenvalue weighted by molar-refractivity contribution is -0.138. The van der Waals surface area contributed by atoms with Crippen LogP contribution in [-0.2, 0) is 18.4 Å². The van der Waals surface area contributed by atoms with Crippen molar-refractivity contribution in [3.05, 3.63) is 12.2 Å². The van der Waals surface area contributed by atoms with E-state index in [1.54, 1.807) is 15.9 Å². The Bertz CT molecular complexity index is 602. The predicted molar refractivity (Wildman–Crippen MR) is 98.0 cm³/mol. The molecule has 8 nitrogen and oxygen atoms in total. The maximum atomic E-state index is 12.7. The fraction of sp³-hybridized carbons (Fsp3) is 0.765. The highest BCUT2D eigenvalue weighted by atomic mass is 16.2. The van der Waals surface area contributed by atoms with Gasteiger partial charge in [0.15, 0.2) is 5.96 Å². The summed E-state index contributed by atoms with van der Waals surface area (Å²) < 4.78 is 1.76. The number of carbonyl (C=O) groups excluding carboxylic acids is 1. The van der Waals surface area contributed by atoms with Gasteiger partial charge in [-0.15, -0.1) is 0 Å². The van der Waals surface area contributed by atoms with Crippen LogP contribution in [0.25, 0.3) is 0 Å². The van der Waals surface area contributed by atoms with Crippen LogP contribution in [0.15, 0.2) is 11.3 Å². The lowest BCUT2D eigenvalue weighted by Gasteiger charge is -2.30. The minimum absolute atomic E-state index is 0.195. The van der Waals surface area contributed by atoms with Crippen molar-refractivity contribution in [2.75, 3.05) is 34.2 Å². The SMILES string of the molecule is CCNC(=NCC1(C(=O)N(C)C)CCCC1)N(C)Cc1ncnn1C. The van der Waals surface area contributed by atoms with Crippen molar-refractivity contribution >= 4 is 11.9 Å². The van der Waals surface area contributed by atoms with Gasteiger partial charge >= 0.3 is 0 Å². The van der Waals surface area contributed by atoms with Crippen molar-refractivity contribution in [1.82, 2.24) is 29.9 Å². The van der Waals surface area contributed by atoms with E-state index in [1.807, 2.05) is 40.0 Å². The highest BCUT2D eigenvalue weighted by Crippen LogP contribution is 2.39. The molecule has 0 radical (unpaired) electrons. The summed E-state index contributed by atoms with van der Waals surface area (Å²) in [5, 5.41) is 7.42. The number of aryl methyl sites for hydroxylation is 1. The maximum absolute atomic E-state index is 12.7. The van der Waals surface area contributed by atoms with Crippen LogP contribution in [0.3, 0.4) is 0 Å². The Hall–Kier alpha value is -2.12. The number of carbonyl (C=O) groups is 1. The molecule has 140 valence electrons. The highest BCUT2D eigenvalue weighted by molar-refractivity contribution is 5.84. The Kier molecular flexibility index (Phi) is 6.39. The van der Waals surface area contributed by atoms with E-state index < -0.39 is 0 Å². The number of hydrogen-bond acceptors (Lipinski definition) is 4. The average Bonchev–Trinajstić information content (AvgIpc) is 3.21. The van der Waals surface area contributed by atoms with Gasteiger partial charge in [0.05, 0.1) is 18.5 Å². The molecule has 1 aliphatic carbocycles. The Morgan fingerprint density at radius 1 is 1.36 bits per heavy atom. The molecule has 1 N–H and O–H groups in total.